The molecular formula is C15H22N2S. The highest BCUT2D eigenvalue weighted by atomic mass is 32.2. The molecule has 0 spiro atoms. The van der Waals surface area contributed by atoms with Gasteiger partial charge in [0.05, 0.1) is 12.1 Å². The molecule has 98 valence electrons. The molecule has 1 aromatic carbocycles. The van der Waals surface area contributed by atoms with Crippen LogP contribution in [0, 0.1) is 12.8 Å². The fourth-order valence-electron chi connectivity index (χ4n) is 2.11. The zero-order valence-electron chi connectivity index (χ0n) is 11.6. The number of aryl methyl sites for hydroxylation is 1. The fourth-order valence-corrected chi connectivity index (χ4v) is 3.31. The zero-order chi connectivity index (χ0) is 13.1. The molecule has 2 rings (SSSR count). The van der Waals surface area contributed by atoms with Gasteiger partial charge in [-0.2, -0.15) is 0 Å². The second-order valence-corrected chi connectivity index (χ2v) is 6.19. The van der Waals surface area contributed by atoms with E-state index in [2.05, 4.69) is 57.3 Å². The molecule has 0 saturated carbocycles. The van der Waals surface area contributed by atoms with Gasteiger partial charge in [0.1, 0.15) is 0 Å². The topological polar surface area (TPSA) is 24.4 Å². The van der Waals surface area contributed by atoms with E-state index in [-0.39, 0.29) is 0 Å². The predicted octanol–water partition coefficient (Wildman–Crippen LogP) is 3.77. The van der Waals surface area contributed by atoms with Crippen LogP contribution in [0.15, 0.2) is 29.3 Å². The largest absolute Gasteiger partial charge is 0.358 e. The SMILES string of the molecule is Cc1ccccc1C(C)NC1=NC(C)C(C)CS1. The Balaban J connectivity index is 2.06. The fraction of sp³-hybridized carbons (Fsp3) is 0.533. The lowest BCUT2D eigenvalue weighted by Gasteiger charge is -2.26. The second kappa shape index (κ2) is 5.79. The summed E-state index contributed by atoms with van der Waals surface area (Å²) in [6, 6.07) is 9.28. The average Bonchev–Trinajstić information content (AvgIpc) is 2.34. The Hall–Kier alpha value is -0.960. The Labute approximate surface area is 114 Å². The highest BCUT2D eigenvalue weighted by Crippen LogP contribution is 2.24. The van der Waals surface area contributed by atoms with Crippen molar-refractivity contribution in [1.82, 2.24) is 5.32 Å². The molecule has 3 atom stereocenters. The van der Waals surface area contributed by atoms with Gasteiger partial charge in [-0.15, -0.1) is 0 Å². The summed E-state index contributed by atoms with van der Waals surface area (Å²) in [6.45, 7) is 8.83. The van der Waals surface area contributed by atoms with Crippen molar-refractivity contribution in [3.05, 3.63) is 35.4 Å². The Morgan fingerprint density at radius 2 is 2.06 bits per heavy atom. The number of benzene rings is 1. The summed E-state index contributed by atoms with van der Waals surface area (Å²) >= 11 is 1.84. The number of hydrogen-bond donors (Lipinski definition) is 1. The molecule has 1 aromatic rings. The first-order valence-corrected chi connectivity index (χ1v) is 7.59. The smallest absolute Gasteiger partial charge is 0.157 e. The molecule has 0 amide bonds. The third kappa shape index (κ3) is 3.08. The van der Waals surface area contributed by atoms with Crippen LogP contribution in [-0.4, -0.2) is 17.0 Å². The molecule has 1 heterocycles. The molecule has 0 aromatic heterocycles. The maximum atomic E-state index is 4.73. The van der Waals surface area contributed by atoms with Crippen LogP contribution in [0.4, 0.5) is 0 Å². The van der Waals surface area contributed by atoms with Crippen molar-refractivity contribution in [2.24, 2.45) is 10.9 Å². The Morgan fingerprint density at radius 1 is 1.33 bits per heavy atom. The van der Waals surface area contributed by atoms with E-state index in [9.17, 15) is 0 Å². The molecule has 18 heavy (non-hydrogen) atoms. The third-order valence-electron chi connectivity index (χ3n) is 3.62. The van der Waals surface area contributed by atoms with Crippen LogP contribution in [0.3, 0.4) is 0 Å². The molecule has 0 bridgehead atoms. The standard InChI is InChI=1S/C15H22N2S/c1-10-7-5-6-8-14(10)13(4)17-15-16-12(3)11(2)9-18-15/h5-8,11-13H,9H2,1-4H3,(H,16,17). The van der Waals surface area contributed by atoms with Gasteiger partial charge in [0, 0.05) is 5.75 Å². The zero-order valence-corrected chi connectivity index (χ0v) is 12.4. The van der Waals surface area contributed by atoms with Crippen molar-refractivity contribution in [3.8, 4) is 0 Å². The number of thioether (sulfide) groups is 1. The molecule has 0 fully saturated rings. The van der Waals surface area contributed by atoms with Crippen LogP contribution < -0.4 is 5.32 Å². The molecule has 1 aliphatic heterocycles. The summed E-state index contributed by atoms with van der Waals surface area (Å²) in [5.41, 5.74) is 2.69. The van der Waals surface area contributed by atoms with Crippen LogP contribution in [-0.2, 0) is 0 Å². The maximum absolute atomic E-state index is 4.73. The van der Waals surface area contributed by atoms with Crippen molar-refractivity contribution in [2.75, 3.05) is 5.75 Å². The van der Waals surface area contributed by atoms with Gasteiger partial charge in [0.25, 0.3) is 0 Å². The average molecular weight is 262 g/mol. The van der Waals surface area contributed by atoms with Gasteiger partial charge >= 0.3 is 0 Å². The van der Waals surface area contributed by atoms with Crippen molar-refractivity contribution < 1.29 is 0 Å². The Morgan fingerprint density at radius 3 is 2.72 bits per heavy atom. The van der Waals surface area contributed by atoms with E-state index in [1.807, 2.05) is 11.8 Å². The second-order valence-electron chi connectivity index (χ2n) is 5.19. The highest BCUT2D eigenvalue weighted by Gasteiger charge is 2.20. The first-order valence-electron chi connectivity index (χ1n) is 6.60. The monoisotopic (exact) mass is 262 g/mol. The van der Waals surface area contributed by atoms with Gasteiger partial charge in [0.15, 0.2) is 5.17 Å². The number of nitrogens with zero attached hydrogens (tertiary/aromatic N) is 1. The van der Waals surface area contributed by atoms with Crippen LogP contribution in [0.1, 0.15) is 37.9 Å². The summed E-state index contributed by atoms with van der Waals surface area (Å²) < 4.78 is 0. The quantitative estimate of drug-likeness (QED) is 0.877. The molecule has 0 saturated heterocycles. The Bertz CT molecular complexity index is 442. The summed E-state index contributed by atoms with van der Waals surface area (Å²) in [6.07, 6.45) is 0. The summed E-state index contributed by atoms with van der Waals surface area (Å²) in [7, 11) is 0. The summed E-state index contributed by atoms with van der Waals surface area (Å²) in [5, 5.41) is 4.63. The molecule has 1 N–H and O–H groups in total. The molecular weight excluding hydrogens is 240 g/mol. The van der Waals surface area contributed by atoms with Gasteiger partial charge in [-0.05, 0) is 37.8 Å². The number of rotatable bonds is 2. The third-order valence-corrected chi connectivity index (χ3v) is 4.81. The lowest BCUT2D eigenvalue weighted by atomic mass is 10.0. The van der Waals surface area contributed by atoms with Crippen LogP contribution in [0.2, 0.25) is 0 Å². The predicted molar refractivity (Wildman–Crippen MR) is 81.2 cm³/mol. The van der Waals surface area contributed by atoms with E-state index in [0.29, 0.717) is 18.0 Å². The van der Waals surface area contributed by atoms with E-state index in [1.54, 1.807) is 0 Å². The number of aliphatic imine (C=N–C) groups is 1. The number of amidine groups is 1. The number of nitrogens with one attached hydrogen (secondary N) is 1. The minimum absolute atomic E-state index is 0.318. The first kappa shape index (κ1) is 13.5. The van der Waals surface area contributed by atoms with Gasteiger partial charge in [0.2, 0.25) is 0 Å². The van der Waals surface area contributed by atoms with Crippen LogP contribution in [0.5, 0.6) is 0 Å². The van der Waals surface area contributed by atoms with Gasteiger partial charge < -0.3 is 5.32 Å². The van der Waals surface area contributed by atoms with E-state index < -0.39 is 0 Å². The van der Waals surface area contributed by atoms with E-state index in [1.165, 1.54) is 11.1 Å². The normalized spacial score (nSPS) is 25.4. The van der Waals surface area contributed by atoms with E-state index >= 15 is 0 Å². The van der Waals surface area contributed by atoms with Crippen LogP contribution in [0.25, 0.3) is 0 Å². The van der Waals surface area contributed by atoms with Crippen molar-refractivity contribution in [2.45, 2.75) is 39.8 Å². The highest BCUT2D eigenvalue weighted by molar-refractivity contribution is 8.13. The number of hydrogen-bond acceptors (Lipinski definition) is 3. The van der Waals surface area contributed by atoms with Crippen molar-refractivity contribution in [3.63, 3.8) is 0 Å². The minimum Gasteiger partial charge on any atom is -0.358 e. The lowest BCUT2D eigenvalue weighted by Crippen LogP contribution is -2.31. The molecule has 0 aliphatic carbocycles. The molecule has 1 aliphatic rings. The van der Waals surface area contributed by atoms with Gasteiger partial charge in [-0.25, -0.2) is 0 Å². The molecule has 3 unspecified atom stereocenters. The Kier molecular flexibility index (Phi) is 4.33. The molecule has 0 radical (unpaired) electrons. The summed E-state index contributed by atoms with van der Waals surface area (Å²) in [4.78, 5) is 4.73. The first-order chi connectivity index (χ1) is 8.58. The van der Waals surface area contributed by atoms with Gasteiger partial charge in [-0.1, -0.05) is 43.0 Å². The summed E-state index contributed by atoms with van der Waals surface area (Å²) in [5.74, 6) is 1.84. The van der Waals surface area contributed by atoms with Crippen LogP contribution >= 0.6 is 11.8 Å². The minimum atomic E-state index is 0.318. The lowest BCUT2D eigenvalue weighted by molar-refractivity contribution is 0.532. The molecule has 2 nitrogen and oxygen atoms in total. The maximum Gasteiger partial charge on any atom is 0.157 e. The van der Waals surface area contributed by atoms with Crippen molar-refractivity contribution >= 4 is 16.9 Å². The molecule has 3 heteroatoms. The van der Waals surface area contributed by atoms with E-state index in [4.69, 9.17) is 4.99 Å². The van der Waals surface area contributed by atoms with E-state index in [0.717, 1.165) is 10.9 Å². The van der Waals surface area contributed by atoms with Gasteiger partial charge in [-0.3, -0.25) is 4.99 Å². The van der Waals surface area contributed by atoms with Crippen molar-refractivity contribution in [1.29, 1.82) is 0 Å².